The topological polar surface area (TPSA) is 49.9 Å². The molecule has 2 aliphatic heterocycles. The van der Waals surface area contributed by atoms with Crippen LogP contribution in [0, 0.1) is 12.8 Å². The van der Waals surface area contributed by atoms with Gasteiger partial charge in [0.1, 0.15) is 0 Å². The molecule has 152 valence electrons. The summed E-state index contributed by atoms with van der Waals surface area (Å²) in [6, 6.07) is 15.1. The lowest BCUT2D eigenvalue weighted by Crippen LogP contribution is -2.45. The van der Waals surface area contributed by atoms with E-state index in [2.05, 4.69) is 19.1 Å². The van der Waals surface area contributed by atoms with E-state index in [1.807, 2.05) is 17.0 Å². The fraction of sp³-hybridized carbons (Fsp3) is 0.391. The van der Waals surface area contributed by atoms with Gasteiger partial charge in [0, 0.05) is 42.7 Å². The van der Waals surface area contributed by atoms with Crippen LogP contribution < -0.4 is 0 Å². The quantitative estimate of drug-likeness (QED) is 0.776. The van der Waals surface area contributed by atoms with Crippen molar-refractivity contribution in [2.24, 2.45) is 5.92 Å². The lowest BCUT2D eigenvalue weighted by atomic mass is 9.85. The fourth-order valence-corrected chi connectivity index (χ4v) is 4.55. The Kier molecular flexibility index (Phi) is 5.88. The summed E-state index contributed by atoms with van der Waals surface area (Å²) >= 11 is 6.08. The second kappa shape index (κ2) is 8.56. The van der Waals surface area contributed by atoms with Crippen LogP contribution in [0.4, 0.5) is 0 Å². The minimum Gasteiger partial charge on any atom is -0.378 e. The van der Waals surface area contributed by atoms with Gasteiger partial charge in [-0.1, -0.05) is 41.9 Å². The predicted molar refractivity (Wildman–Crippen MR) is 112 cm³/mol. The Hall–Kier alpha value is -2.37. The third-order valence-corrected chi connectivity index (χ3v) is 6.14. The fourth-order valence-electron chi connectivity index (χ4n) is 4.36. The number of hydrogen-bond donors (Lipinski definition) is 0. The van der Waals surface area contributed by atoms with Crippen LogP contribution >= 0.6 is 11.6 Å². The van der Waals surface area contributed by atoms with Crippen LogP contribution in [0.5, 0.6) is 0 Å². The Morgan fingerprint density at radius 2 is 1.76 bits per heavy atom. The number of benzene rings is 2. The number of amides is 2. The zero-order chi connectivity index (χ0) is 20.4. The number of nitrogens with zero attached hydrogens (tertiary/aromatic N) is 2. The van der Waals surface area contributed by atoms with E-state index in [0.717, 1.165) is 11.1 Å². The normalized spacial score (nSPS) is 22.0. The number of aryl methyl sites for hydroxylation is 1. The number of hydrogen-bond acceptors (Lipinski definition) is 3. The molecular formula is C23H25ClN2O3. The highest BCUT2D eigenvalue weighted by Gasteiger charge is 2.42. The summed E-state index contributed by atoms with van der Waals surface area (Å²) in [6.07, 6.45) is 0. The lowest BCUT2D eigenvalue weighted by molar-refractivity contribution is -0.139. The molecular weight excluding hydrogens is 388 g/mol. The zero-order valence-corrected chi connectivity index (χ0v) is 17.3. The first kappa shape index (κ1) is 19.9. The van der Waals surface area contributed by atoms with E-state index >= 15 is 0 Å². The molecule has 0 unspecified atom stereocenters. The summed E-state index contributed by atoms with van der Waals surface area (Å²) in [4.78, 5) is 30.2. The van der Waals surface area contributed by atoms with E-state index in [1.54, 1.807) is 29.2 Å². The first-order valence-electron chi connectivity index (χ1n) is 10.0. The Balaban J connectivity index is 1.63. The van der Waals surface area contributed by atoms with Crippen LogP contribution in [0.1, 0.15) is 27.4 Å². The van der Waals surface area contributed by atoms with Gasteiger partial charge in [-0.3, -0.25) is 9.59 Å². The molecule has 6 heteroatoms. The molecule has 2 aliphatic rings. The second-order valence-corrected chi connectivity index (χ2v) is 8.16. The summed E-state index contributed by atoms with van der Waals surface area (Å²) in [6.45, 7) is 5.36. The molecule has 4 rings (SSSR count). The van der Waals surface area contributed by atoms with Crippen LogP contribution in [0.2, 0.25) is 5.02 Å². The Morgan fingerprint density at radius 1 is 1.00 bits per heavy atom. The smallest absolute Gasteiger partial charge is 0.253 e. The van der Waals surface area contributed by atoms with Crippen molar-refractivity contribution in [2.45, 2.75) is 12.8 Å². The van der Waals surface area contributed by atoms with Crippen molar-refractivity contribution in [1.29, 1.82) is 0 Å². The molecule has 2 fully saturated rings. The predicted octanol–water partition coefficient (Wildman–Crippen LogP) is 3.36. The van der Waals surface area contributed by atoms with Gasteiger partial charge in [0.25, 0.3) is 5.91 Å². The Morgan fingerprint density at radius 3 is 2.48 bits per heavy atom. The van der Waals surface area contributed by atoms with Crippen LogP contribution in [-0.4, -0.2) is 61.0 Å². The summed E-state index contributed by atoms with van der Waals surface area (Å²) < 4.78 is 5.40. The van der Waals surface area contributed by atoms with Crippen LogP contribution in [0.25, 0.3) is 0 Å². The van der Waals surface area contributed by atoms with Gasteiger partial charge in [-0.2, -0.15) is 0 Å². The van der Waals surface area contributed by atoms with E-state index in [1.165, 1.54) is 0 Å². The lowest BCUT2D eigenvalue weighted by Gasteiger charge is -2.31. The van der Waals surface area contributed by atoms with Crippen molar-refractivity contribution in [2.75, 3.05) is 39.4 Å². The minimum atomic E-state index is -0.252. The molecule has 0 saturated carbocycles. The molecule has 29 heavy (non-hydrogen) atoms. The molecule has 0 spiro atoms. The first-order valence-corrected chi connectivity index (χ1v) is 10.4. The standard InChI is InChI=1S/C23H25ClN2O3/c1-16-5-2-3-8-19(16)20-14-26(22(27)17-6-4-7-18(24)13-17)15-21(20)23(28)25-9-11-29-12-10-25/h2-8,13,20-21H,9-12,14-15H2,1H3/t20-,21-/m0/s1. The summed E-state index contributed by atoms with van der Waals surface area (Å²) in [7, 11) is 0. The average molecular weight is 413 g/mol. The first-order chi connectivity index (χ1) is 14.0. The van der Waals surface area contributed by atoms with Gasteiger partial charge >= 0.3 is 0 Å². The maximum atomic E-state index is 13.4. The van der Waals surface area contributed by atoms with Gasteiger partial charge < -0.3 is 14.5 Å². The summed E-state index contributed by atoms with van der Waals surface area (Å²) in [5, 5.41) is 0.534. The van der Waals surface area contributed by atoms with E-state index in [0.29, 0.717) is 50.0 Å². The van der Waals surface area contributed by atoms with E-state index in [9.17, 15) is 9.59 Å². The molecule has 0 radical (unpaired) electrons. The van der Waals surface area contributed by atoms with E-state index in [-0.39, 0.29) is 23.7 Å². The molecule has 5 nitrogen and oxygen atoms in total. The van der Waals surface area contributed by atoms with Crippen molar-refractivity contribution in [1.82, 2.24) is 9.80 Å². The number of ether oxygens (including phenoxy) is 1. The number of carbonyl (C=O) groups is 2. The molecule has 2 amide bonds. The van der Waals surface area contributed by atoms with Crippen LogP contribution in [0.3, 0.4) is 0 Å². The number of rotatable bonds is 3. The third-order valence-electron chi connectivity index (χ3n) is 5.91. The van der Waals surface area contributed by atoms with Gasteiger partial charge in [-0.05, 0) is 36.2 Å². The highest BCUT2D eigenvalue weighted by Crippen LogP contribution is 2.36. The third kappa shape index (κ3) is 4.16. The summed E-state index contributed by atoms with van der Waals surface area (Å²) in [5.74, 6) is -0.238. The zero-order valence-electron chi connectivity index (χ0n) is 16.5. The maximum Gasteiger partial charge on any atom is 0.253 e. The molecule has 0 aromatic heterocycles. The van der Waals surface area contributed by atoms with Gasteiger partial charge in [-0.15, -0.1) is 0 Å². The molecule has 2 atom stereocenters. The van der Waals surface area contributed by atoms with Crippen molar-refractivity contribution in [3.8, 4) is 0 Å². The molecule has 2 heterocycles. The molecule has 2 saturated heterocycles. The highest BCUT2D eigenvalue weighted by molar-refractivity contribution is 6.30. The van der Waals surface area contributed by atoms with Gasteiger partial charge in [0.2, 0.25) is 5.91 Å². The highest BCUT2D eigenvalue weighted by atomic mass is 35.5. The van der Waals surface area contributed by atoms with Crippen LogP contribution in [0.15, 0.2) is 48.5 Å². The van der Waals surface area contributed by atoms with Crippen molar-refractivity contribution >= 4 is 23.4 Å². The molecule has 2 aromatic rings. The maximum absolute atomic E-state index is 13.4. The van der Waals surface area contributed by atoms with Crippen molar-refractivity contribution in [3.05, 3.63) is 70.2 Å². The molecule has 0 N–H and O–H groups in total. The van der Waals surface area contributed by atoms with Crippen LogP contribution in [-0.2, 0) is 9.53 Å². The van der Waals surface area contributed by atoms with Gasteiger partial charge in [0.05, 0.1) is 19.1 Å². The average Bonchev–Trinajstić information content (AvgIpc) is 3.18. The van der Waals surface area contributed by atoms with Gasteiger partial charge in [-0.25, -0.2) is 0 Å². The van der Waals surface area contributed by atoms with Crippen molar-refractivity contribution in [3.63, 3.8) is 0 Å². The van der Waals surface area contributed by atoms with E-state index < -0.39 is 0 Å². The molecule has 0 aliphatic carbocycles. The SMILES string of the molecule is Cc1ccccc1[C@@H]1CN(C(=O)c2cccc(Cl)c2)C[C@@H]1C(=O)N1CCOCC1. The van der Waals surface area contributed by atoms with Crippen molar-refractivity contribution < 1.29 is 14.3 Å². The number of likely N-dealkylation sites (tertiary alicyclic amines) is 1. The minimum absolute atomic E-state index is 0.0188. The monoisotopic (exact) mass is 412 g/mol. The number of halogens is 1. The number of carbonyl (C=O) groups excluding carboxylic acids is 2. The Bertz CT molecular complexity index is 911. The molecule has 0 bridgehead atoms. The summed E-state index contributed by atoms with van der Waals surface area (Å²) in [5.41, 5.74) is 2.84. The second-order valence-electron chi connectivity index (χ2n) is 7.73. The van der Waals surface area contributed by atoms with Gasteiger partial charge in [0.15, 0.2) is 0 Å². The Labute approximate surface area is 176 Å². The van der Waals surface area contributed by atoms with E-state index in [4.69, 9.17) is 16.3 Å². The largest absolute Gasteiger partial charge is 0.378 e. The number of morpholine rings is 1. The molecule has 2 aromatic carbocycles.